The first-order valence-electron chi connectivity index (χ1n) is 8.53. The second-order valence-electron chi connectivity index (χ2n) is 6.07. The molecule has 0 aromatic heterocycles. The van der Waals surface area contributed by atoms with Crippen LogP contribution in [0.5, 0.6) is 5.75 Å². The van der Waals surface area contributed by atoms with Crippen molar-refractivity contribution in [1.29, 1.82) is 5.26 Å². The Morgan fingerprint density at radius 1 is 1.19 bits per heavy atom. The Morgan fingerprint density at radius 2 is 1.93 bits per heavy atom. The zero-order chi connectivity index (χ0) is 19.1. The lowest BCUT2D eigenvalue weighted by molar-refractivity contribution is 0.126. The molecule has 7 nitrogen and oxygen atoms in total. The molecule has 1 aliphatic rings. The SMILES string of the molecule is N#CN1CCC(Oc2ccc(-c3ccc(N=CN=NN)cc3F)cc2)CC1. The minimum atomic E-state index is -0.383. The molecule has 1 aliphatic heterocycles. The maximum Gasteiger partial charge on any atom is 0.179 e. The van der Waals surface area contributed by atoms with Crippen LogP contribution >= 0.6 is 0 Å². The molecule has 0 bridgehead atoms. The number of nitrogens with two attached hydrogens (primary N) is 1. The van der Waals surface area contributed by atoms with E-state index in [1.54, 1.807) is 17.0 Å². The lowest BCUT2D eigenvalue weighted by Gasteiger charge is -2.28. The summed E-state index contributed by atoms with van der Waals surface area (Å²) in [7, 11) is 0. The van der Waals surface area contributed by atoms with E-state index in [0.717, 1.165) is 30.5 Å². The summed E-state index contributed by atoms with van der Waals surface area (Å²) in [6, 6.07) is 12.0. The maximum absolute atomic E-state index is 14.4. The smallest absolute Gasteiger partial charge is 0.179 e. The van der Waals surface area contributed by atoms with Gasteiger partial charge in [0.25, 0.3) is 0 Å². The number of benzene rings is 2. The summed E-state index contributed by atoms with van der Waals surface area (Å²) >= 11 is 0. The van der Waals surface area contributed by atoms with Gasteiger partial charge in [-0.05, 0) is 29.8 Å². The predicted octanol–water partition coefficient (Wildman–Crippen LogP) is 3.80. The van der Waals surface area contributed by atoms with Crippen molar-refractivity contribution < 1.29 is 9.13 Å². The summed E-state index contributed by atoms with van der Waals surface area (Å²) in [5, 5.41) is 15.3. The van der Waals surface area contributed by atoms with Crippen molar-refractivity contribution >= 4 is 12.0 Å². The molecular weight excluding hydrogens is 347 g/mol. The maximum atomic E-state index is 14.4. The van der Waals surface area contributed by atoms with Gasteiger partial charge in [0.15, 0.2) is 6.19 Å². The van der Waals surface area contributed by atoms with Crippen molar-refractivity contribution in [3.63, 3.8) is 0 Å². The molecule has 2 N–H and O–H groups in total. The minimum absolute atomic E-state index is 0.0972. The Hall–Kier alpha value is -3.47. The second-order valence-corrected chi connectivity index (χ2v) is 6.07. The summed E-state index contributed by atoms with van der Waals surface area (Å²) in [6.07, 6.45) is 5.04. The molecule has 8 heteroatoms. The van der Waals surface area contributed by atoms with Gasteiger partial charge in [0, 0.05) is 37.6 Å². The van der Waals surface area contributed by atoms with Crippen LogP contribution in [0.2, 0.25) is 0 Å². The number of piperidine rings is 1. The highest BCUT2D eigenvalue weighted by atomic mass is 19.1. The van der Waals surface area contributed by atoms with Gasteiger partial charge >= 0.3 is 0 Å². The molecule has 3 rings (SSSR count). The van der Waals surface area contributed by atoms with Gasteiger partial charge in [0.05, 0.1) is 5.69 Å². The summed E-state index contributed by atoms with van der Waals surface area (Å²) < 4.78 is 20.3. The molecule has 138 valence electrons. The Bertz CT molecular complexity index is 867. The van der Waals surface area contributed by atoms with Crippen molar-refractivity contribution in [2.24, 2.45) is 21.2 Å². The molecule has 0 amide bonds. The van der Waals surface area contributed by atoms with E-state index in [1.807, 2.05) is 24.3 Å². The monoisotopic (exact) mass is 366 g/mol. The molecule has 0 spiro atoms. The van der Waals surface area contributed by atoms with Crippen molar-refractivity contribution in [3.8, 4) is 23.1 Å². The van der Waals surface area contributed by atoms with Crippen molar-refractivity contribution in [3.05, 3.63) is 48.3 Å². The van der Waals surface area contributed by atoms with E-state index in [1.165, 1.54) is 6.07 Å². The first kappa shape index (κ1) is 18.3. The predicted molar refractivity (Wildman–Crippen MR) is 99.9 cm³/mol. The van der Waals surface area contributed by atoms with E-state index in [2.05, 4.69) is 21.5 Å². The molecule has 0 radical (unpaired) electrons. The first-order chi connectivity index (χ1) is 13.2. The van der Waals surface area contributed by atoms with Crippen LogP contribution < -0.4 is 10.6 Å². The molecule has 0 atom stereocenters. The minimum Gasteiger partial charge on any atom is -0.490 e. The van der Waals surface area contributed by atoms with E-state index < -0.39 is 0 Å². The van der Waals surface area contributed by atoms with Gasteiger partial charge in [0.2, 0.25) is 0 Å². The van der Waals surface area contributed by atoms with Crippen molar-refractivity contribution in [2.75, 3.05) is 13.1 Å². The van der Waals surface area contributed by atoms with E-state index in [9.17, 15) is 4.39 Å². The normalized spacial score (nSPS) is 15.3. The van der Waals surface area contributed by atoms with Crippen LogP contribution in [0.15, 0.2) is 57.8 Å². The number of halogens is 1. The van der Waals surface area contributed by atoms with E-state index in [-0.39, 0.29) is 11.9 Å². The molecular formula is C19H19FN6O. The molecule has 1 saturated heterocycles. The number of hydrogen-bond donors (Lipinski definition) is 1. The van der Waals surface area contributed by atoms with E-state index in [4.69, 9.17) is 15.8 Å². The molecule has 0 aliphatic carbocycles. The average Bonchev–Trinajstić information content (AvgIpc) is 2.70. The fraction of sp³-hybridized carbons (Fsp3) is 0.263. The molecule has 2 aromatic carbocycles. The second kappa shape index (κ2) is 8.76. The van der Waals surface area contributed by atoms with Gasteiger partial charge in [-0.15, -0.1) is 5.11 Å². The fourth-order valence-electron chi connectivity index (χ4n) is 2.92. The largest absolute Gasteiger partial charge is 0.490 e. The number of hydrogen-bond acceptors (Lipinski definition) is 5. The van der Waals surface area contributed by atoms with Gasteiger partial charge in [-0.3, -0.25) is 0 Å². The Kier molecular flexibility index (Phi) is 5.94. The molecule has 0 saturated carbocycles. The number of ether oxygens (including phenoxy) is 1. The summed E-state index contributed by atoms with van der Waals surface area (Å²) in [6.45, 7) is 1.43. The Morgan fingerprint density at radius 3 is 2.56 bits per heavy atom. The van der Waals surface area contributed by atoms with Crippen LogP contribution in [0.3, 0.4) is 0 Å². The molecule has 2 aromatic rings. The fourth-order valence-corrected chi connectivity index (χ4v) is 2.92. The first-order valence-corrected chi connectivity index (χ1v) is 8.53. The van der Waals surface area contributed by atoms with Crippen LogP contribution in [-0.2, 0) is 0 Å². The van der Waals surface area contributed by atoms with Gasteiger partial charge < -0.3 is 15.5 Å². The lowest BCUT2D eigenvalue weighted by Crippen LogP contribution is -2.35. The Balaban J connectivity index is 1.66. The highest BCUT2D eigenvalue weighted by molar-refractivity contribution is 5.68. The lowest BCUT2D eigenvalue weighted by atomic mass is 10.0. The third-order valence-corrected chi connectivity index (χ3v) is 4.33. The standard InChI is InChI=1S/C19H19FN6O/c20-19-11-15(23-13-24-25-22)3-6-18(19)14-1-4-16(5-2-14)27-17-7-9-26(12-21)10-8-17/h1-6,11,13,17H,7-10H2,(H2,22,23,24). The molecule has 1 fully saturated rings. The molecule has 27 heavy (non-hydrogen) atoms. The van der Waals surface area contributed by atoms with Crippen LogP contribution in [0.1, 0.15) is 12.8 Å². The third kappa shape index (κ3) is 4.79. The zero-order valence-electron chi connectivity index (χ0n) is 14.6. The number of nitriles is 1. The Labute approximate surface area is 156 Å². The highest BCUT2D eigenvalue weighted by Crippen LogP contribution is 2.28. The van der Waals surface area contributed by atoms with Gasteiger partial charge in [0.1, 0.15) is 24.0 Å². The van der Waals surface area contributed by atoms with Crippen LogP contribution in [-0.4, -0.2) is 30.4 Å². The van der Waals surface area contributed by atoms with Gasteiger partial charge in [-0.2, -0.15) is 5.26 Å². The number of nitrogens with zero attached hydrogens (tertiary/aromatic N) is 5. The van der Waals surface area contributed by atoms with Crippen LogP contribution in [0.4, 0.5) is 10.1 Å². The van der Waals surface area contributed by atoms with Gasteiger partial charge in [-0.25, -0.2) is 9.38 Å². The van der Waals surface area contributed by atoms with Crippen LogP contribution in [0.25, 0.3) is 11.1 Å². The third-order valence-electron chi connectivity index (χ3n) is 4.33. The number of aliphatic imine (C=N–C) groups is 1. The molecule has 0 unspecified atom stereocenters. The quantitative estimate of drug-likeness (QED) is 0.217. The van der Waals surface area contributed by atoms with E-state index >= 15 is 0 Å². The van der Waals surface area contributed by atoms with Gasteiger partial charge in [-0.1, -0.05) is 17.4 Å². The summed E-state index contributed by atoms with van der Waals surface area (Å²) in [5.41, 5.74) is 1.65. The average molecular weight is 366 g/mol. The number of rotatable bonds is 5. The zero-order valence-corrected chi connectivity index (χ0v) is 14.6. The summed E-state index contributed by atoms with van der Waals surface area (Å²) in [5.74, 6) is 5.23. The van der Waals surface area contributed by atoms with Crippen molar-refractivity contribution in [2.45, 2.75) is 18.9 Å². The van der Waals surface area contributed by atoms with Crippen LogP contribution in [0, 0.1) is 17.3 Å². The summed E-state index contributed by atoms with van der Waals surface area (Å²) in [4.78, 5) is 5.67. The molecule has 1 heterocycles. The topological polar surface area (TPSA) is 99.4 Å². The number of likely N-dealkylation sites (tertiary alicyclic amines) is 1. The van der Waals surface area contributed by atoms with E-state index in [0.29, 0.717) is 24.3 Å². The van der Waals surface area contributed by atoms with Crippen molar-refractivity contribution in [1.82, 2.24) is 4.90 Å². The highest BCUT2D eigenvalue weighted by Gasteiger charge is 2.19.